The first-order chi connectivity index (χ1) is 12.4. The Morgan fingerprint density at radius 3 is 2.73 bits per heavy atom. The number of aryl methyl sites for hydroxylation is 1. The highest BCUT2D eigenvalue weighted by Gasteiger charge is 2.29. The van der Waals surface area contributed by atoms with Gasteiger partial charge in [-0.15, -0.1) is 0 Å². The Bertz CT molecular complexity index is 911. The van der Waals surface area contributed by atoms with Crippen LogP contribution in [0.15, 0.2) is 36.4 Å². The van der Waals surface area contributed by atoms with Crippen LogP contribution >= 0.6 is 0 Å². The molecule has 1 saturated heterocycles. The number of cyclic esters (lactones) is 1. The van der Waals surface area contributed by atoms with Gasteiger partial charge in [0, 0.05) is 23.2 Å². The molecule has 1 atom stereocenters. The molecule has 26 heavy (non-hydrogen) atoms. The first kappa shape index (κ1) is 17.6. The Labute approximate surface area is 149 Å². The van der Waals surface area contributed by atoms with Crippen LogP contribution in [-0.4, -0.2) is 30.2 Å². The minimum atomic E-state index is -0.660. The van der Waals surface area contributed by atoms with E-state index in [1.54, 1.807) is 31.2 Å². The normalized spacial score (nSPS) is 16.2. The van der Waals surface area contributed by atoms with Crippen molar-refractivity contribution in [1.82, 2.24) is 5.32 Å². The molecule has 1 aliphatic heterocycles. The monoisotopic (exact) mass is 356 g/mol. The molecule has 1 heterocycles. The van der Waals surface area contributed by atoms with Crippen molar-refractivity contribution in [2.45, 2.75) is 19.4 Å². The molecule has 0 aliphatic carbocycles. The van der Waals surface area contributed by atoms with E-state index in [2.05, 4.69) is 5.32 Å². The van der Waals surface area contributed by atoms with Crippen LogP contribution in [0.2, 0.25) is 0 Å². The number of benzene rings is 2. The molecular formula is C19H19FN3O3+. The van der Waals surface area contributed by atoms with E-state index in [4.69, 9.17) is 15.9 Å². The minimum absolute atomic E-state index is 0.260. The summed E-state index contributed by atoms with van der Waals surface area (Å²) in [4.78, 5) is 24.1. The maximum atomic E-state index is 13.5. The van der Waals surface area contributed by atoms with Gasteiger partial charge in [-0.25, -0.2) is 9.18 Å². The van der Waals surface area contributed by atoms with Crippen LogP contribution in [0.25, 0.3) is 0 Å². The van der Waals surface area contributed by atoms with Gasteiger partial charge in [-0.05, 0) is 42.8 Å². The van der Waals surface area contributed by atoms with Crippen molar-refractivity contribution in [2.75, 3.05) is 12.3 Å². The van der Waals surface area contributed by atoms with Crippen molar-refractivity contribution in [2.24, 2.45) is 0 Å². The molecule has 0 radical (unpaired) electrons. The van der Waals surface area contributed by atoms with Crippen molar-refractivity contribution in [3.05, 3.63) is 64.5 Å². The summed E-state index contributed by atoms with van der Waals surface area (Å²) in [5.74, 6) is -1.29. The lowest BCUT2D eigenvalue weighted by molar-refractivity contribution is -0.139. The Hall–Kier alpha value is -3.22. The number of halogens is 1. The Balaban J connectivity index is 1.92. The number of nitrogens with one attached hydrogen (secondary N) is 1. The minimum Gasteiger partial charge on any atom is -0.464 e. The van der Waals surface area contributed by atoms with Crippen molar-refractivity contribution < 1.29 is 24.1 Å². The number of carbonyl (C=O) groups is 2. The van der Waals surface area contributed by atoms with E-state index in [9.17, 15) is 14.0 Å². The molecule has 134 valence electrons. The predicted octanol–water partition coefficient (Wildman–Crippen LogP) is 0.358. The lowest BCUT2D eigenvalue weighted by Gasteiger charge is -2.13. The van der Waals surface area contributed by atoms with E-state index >= 15 is 0 Å². The molecule has 2 aromatic rings. The van der Waals surface area contributed by atoms with E-state index in [0.29, 0.717) is 34.4 Å². The molecule has 0 aromatic heterocycles. The number of ether oxygens (including phenoxy) is 1. The predicted molar refractivity (Wildman–Crippen MR) is 94.0 cm³/mol. The van der Waals surface area contributed by atoms with E-state index < -0.39 is 23.7 Å². The maximum Gasteiger partial charge on any atom is 0.328 e. The summed E-state index contributed by atoms with van der Waals surface area (Å²) in [6, 6.07) is 8.34. The third kappa shape index (κ3) is 3.42. The molecule has 2 aromatic carbocycles. The summed E-state index contributed by atoms with van der Waals surface area (Å²) < 4.78 is 18.3. The standard InChI is InChI=1S/C19H18FN3O3/c1-10-7-15(21)14(17(22)11-3-2-4-12(20)8-11)9-13(10)18(24)23-16-5-6-26-19(16)25/h2-4,7-9,16,22H,5-6,21H2,1H3,(H,23,24)/p+1/t16-/m1/s1. The molecule has 3 rings (SSSR count). The zero-order chi connectivity index (χ0) is 18.8. The molecule has 0 unspecified atom stereocenters. The Morgan fingerprint density at radius 1 is 1.31 bits per heavy atom. The number of anilines is 1. The lowest BCUT2D eigenvalue weighted by atomic mass is 9.95. The number of amides is 1. The fourth-order valence-electron chi connectivity index (χ4n) is 2.88. The molecule has 0 bridgehead atoms. The van der Waals surface area contributed by atoms with E-state index in [-0.39, 0.29) is 12.3 Å². The van der Waals surface area contributed by atoms with Crippen molar-refractivity contribution in [3.8, 4) is 0 Å². The quantitative estimate of drug-likeness (QED) is 0.418. The highest BCUT2D eigenvalue weighted by molar-refractivity contribution is 6.13. The second kappa shape index (κ2) is 6.95. The average molecular weight is 356 g/mol. The van der Waals surface area contributed by atoms with Crippen LogP contribution in [0.3, 0.4) is 0 Å². The van der Waals surface area contributed by atoms with Crippen LogP contribution < -0.4 is 16.5 Å². The molecule has 5 N–H and O–H groups in total. The molecule has 0 spiro atoms. The summed E-state index contributed by atoms with van der Waals surface area (Å²) in [6.45, 7) is 2.02. The van der Waals surface area contributed by atoms with Gasteiger partial charge in [0.1, 0.15) is 11.9 Å². The fraction of sp³-hybridized carbons (Fsp3) is 0.211. The van der Waals surface area contributed by atoms with Gasteiger partial charge in [-0.2, -0.15) is 0 Å². The summed E-state index contributed by atoms with van der Waals surface area (Å²) in [7, 11) is 0. The van der Waals surface area contributed by atoms with E-state index in [0.717, 1.165) is 0 Å². The van der Waals surface area contributed by atoms with Crippen molar-refractivity contribution in [3.63, 3.8) is 0 Å². The third-order valence-corrected chi connectivity index (χ3v) is 4.31. The summed E-state index contributed by atoms with van der Waals surface area (Å²) in [6.07, 6.45) is 0.434. The van der Waals surface area contributed by atoms with E-state index in [1.807, 2.05) is 0 Å². The summed E-state index contributed by atoms with van der Waals surface area (Å²) in [5, 5.41) is 8.81. The second-order valence-corrected chi connectivity index (χ2v) is 6.16. The van der Waals surface area contributed by atoms with E-state index in [1.165, 1.54) is 12.1 Å². The van der Waals surface area contributed by atoms with Gasteiger partial charge >= 0.3 is 5.97 Å². The third-order valence-electron chi connectivity index (χ3n) is 4.31. The topological polar surface area (TPSA) is 107 Å². The highest BCUT2D eigenvalue weighted by atomic mass is 19.1. The van der Waals surface area contributed by atoms with Crippen LogP contribution in [0.1, 0.15) is 33.5 Å². The first-order valence-corrected chi connectivity index (χ1v) is 8.13. The van der Waals surface area contributed by atoms with Gasteiger partial charge in [-0.3, -0.25) is 10.2 Å². The Kier molecular flexibility index (Phi) is 4.71. The number of hydrogen-bond donors (Lipinski definition) is 3. The van der Waals surface area contributed by atoms with Gasteiger partial charge in [0.05, 0.1) is 12.2 Å². The summed E-state index contributed by atoms with van der Waals surface area (Å²) >= 11 is 0. The van der Waals surface area contributed by atoms with Crippen LogP contribution in [0.5, 0.6) is 0 Å². The van der Waals surface area contributed by atoms with Gasteiger partial charge in [0.2, 0.25) is 5.71 Å². The smallest absolute Gasteiger partial charge is 0.328 e. The number of esters is 1. The van der Waals surface area contributed by atoms with Gasteiger partial charge in [0.15, 0.2) is 0 Å². The largest absolute Gasteiger partial charge is 0.464 e. The zero-order valence-corrected chi connectivity index (χ0v) is 14.2. The molecule has 0 saturated carbocycles. The van der Waals surface area contributed by atoms with Crippen LogP contribution in [0, 0.1) is 12.7 Å². The molecule has 6 nitrogen and oxygen atoms in total. The van der Waals surface area contributed by atoms with Crippen molar-refractivity contribution >= 4 is 23.3 Å². The lowest BCUT2D eigenvalue weighted by Crippen LogP contribution is -2.42. The number of nitrogens with two attached hydrogens (primary N) is 2. The molecule has 1 fully saturated rings. The highest BCUT2D eigenvalue weighted by Crippen LogP contribution is 2.22. The molecular weight excluding hydrogens is 337 g/mol. The number of nitrogen functional groups attached to an aromatic ring is 1. The molecule has 7 heteroatoms. The summed E-state index contributed by atoms with van der Waals surface area (Å²) in [5.41, 5.74) is 8.57. The van der Waals surface area contributed by atoms with Gasteiger partial charge in [0.25, 0.3) is 5.91 Å². The van der Waals surface area contributed by atoms with Crippen LogP contribution in [-0.2, 0) is 9.53 Å². The van der Waals surface area contributed by atoms with Gasteiger partial charge in [-0.1, -0.05) is 6.07 Å². The zero-order valence-electron chi connectivity index (χ0n) is 14.2. The number of hydrogen-bond acceptors (Lipinski definition) is 4. The van der Waals surface area contributed by atoms with Gasteiger partial charge < -0.3 is 15.8 Å². The maximum absolute atomic E-state index is 13.5. The SMILES string of the molecule is Cc1cc(N)c(C(=[NH2+])c2cccc(F)c2)cc1C(=O)N[C@@H]1CCOC1=O. The second-order valence-electron chi connectivity index (χ2n) is 6.16. The number of rotatable bonds is 4. The van der Waals surface area contributed by atoms with Crippen LogP contribution in [0.4, 0.5) is 10.1 Å². The first-order valence-electron chi connectivity index (χ1n) is 8.13. The molecule has 1 amide bonds. The van der Waals surface area contributed by atoms with Crippen molar-refractivity contribution in [1.29, 1.82) is 0 Å². The average Bonchev–Trinajstić information content (AvgIpc) is 2.99. The Morgan fingerprint density at radius 2 is 2.08 bits per heavy atom. The number of carbonyl (C=O) groups excluding carboxylic acids is 2. The molecule has 1 aliphatic rings. The fourth-order valence-corrected chi connectivity index (χ4v) is 2.88.